The zero-order chi connectivity index (χ0) is 33.0. The predicted molar refractivity (Wildman–Crippen MR) is 180 cm³/mol. The second kappa shape index (κ2) is 26.8. The molecule has 0 aliphatic carbocycles. The van der Waals surface area contributed by atoms with E-state index in [1.807, 2.05) is 0 Å². The maximum absolute atomic E-state index is 12.1. The molecule has 7 nitrogen and oxygen atoms in total. The Bertz CT molecular complexity index is 1230. The molecule has 0 aliphatic rings. The smallest absolute Gasteiger partial charge is 0.744 e. The molecule has 0 bridgehead atoms. The molecule has 0 aromatic heterocycles. The maximum atomic E-state index is 12.1. The average molecular weight is 711 g/mol. The van der Waals surface area contributed by atoms with Gasteiger partial charge in [-0.05, 0) is 61.1 Å². The van der Waals surface area contributed by atoms with E-state index < -0.39 is 30.0 Å². The predicted octanol–water partition coefficient (Wildman–Crippen LogP) is 4.22. The molecule has 0 atom stereocenters. The molecule has 0 saturated carbocycles. The van der Waals surface area contributed by atoms with Gasteiger partial charge in [-0.2, -0.15) is 0 Å². The van der Waals surface area contributed by atoms with Crippen molar-refractivity contribution in [1.82, 2.24) is 0 Å². The molecule has 0 fully saturated rings. The van der Waals surface area contributed by atoms with Crippen LogP contribution in [0.4, 0.5) is 0 Å². The standard InChI is InChI=1S/C36H58O7S2.2Na/c1-3-5-7-9-11-13-15-17-19-21-23-31-25-27-33(35(29-31)44(37,38)39)43-34-28-26-32(30-36(34)45(40,41)42)24-22-20-18-16-14-12-10-8-6-4-2;;/h25-30H,3-24H2,1-2H3,(H,37,38,39)(H,40,41,42);;/q;2*+1/p-2. The van der Waals surface area contributed by atoms with E-state index in [4.69, 9.17) is 4.74 Å². The van der Waals surface area contributed by atoms with E-state index in [2.05, 4.69) is 13.8 Å². The molecule has 256 valence electrons. The minimum Gasteiger partial charge on any atom is -0.744 e. The summed E-state index contributed by atoms with van der Waals surface area (Å²) in [5, 5.41) is 0. The number of hydrogen-bond donors (Lipinski definition) is 0. The van der Waals surface area contributed by atoms with Crippen LogP contribution in [-0.4, -0.2) is 25.9 Å². The number of hydrogen-bond acceptors (Lipinski definition) is 7. The minimum atomic E-state index is -4.92. The fourth-order valence-electron chi connectivity index (χ4n) is 5.73. The van der Waals surface area contributed by atoms with Crippen molar-refractivity contribution in [1.29, 1.82) is 0 Å². The van der Waals surface area contributed by atoms with Crippen LogP contribution in [0.15, 0.2) is 46.2 Å². The van der Waals surface area contributed by atoms with Gasteiger partial charge in [-0.3, -0.25) is 0 Å². The summed E-state index contributed by atoms with van der Waals surface area (Å²) in [4.78, 5) is -1.12. The molecule has 47 heavy (non-hydrogen) atoms. The molecule has 2 rings (SSSR count). The summed E-state index contributed by atoms with van der Waals surface area (Å²) in [5.74, 6) is -0.576. The first-order valence-corrected chi connectivity index (χ1v) is 20.2. The van der Waals surface area contributed by atoms with Gasteiger partial charge in [0, 0.05) is 0 Å². The summed E-state index contributed by atoms with van der Waals surface area (Å²) in [6.07, 6.45) is 24.9. The summed E-state index contributed by atoms with van der Waals surface area (Å²) >= 11 is 0. The molecule has 0 radical (unpaired) electrons. The molecule has 2 aromatic rings. The second-order valence-corrected chi connectivity index (χ2v) is 15.1. The number of benzene rings is 2. The van der Waals surface area contributed by atoms with Crippen molar-refractivity contribution >= 4 is 20.2 Å². The van der Waals surface area contributed by atoms with Crippen LogP contribution in [0, 0.1) is 0 Å². The quantitative estimate of drug-likeness (QED) is 0.0814. The van der Waals surface area contributed by atoms with Crippen LogP contribution in [0.5, 0.6) is 11.5 Å². The monoisotopic (exact) mass is 710 g/mol. The van der Waals surface area contributed by atoms with Gasteiger partial charge in [0.25, 0.3) is 0 Å². The Labute approximate surface area is 330 Å². The van der Waals surface area contributed by atoms with E-state index >= 15 is 0 Å². The summed E-state index contributed by atoms with van der Waals surface area (Å²) in [7, 11) is -9.83. The van der Waals surface area contributed by atoms with Crippen molar-refractivity contribution in [3.63, 3.8) is 0 Å². The van der Waals surface area contributed by atoms with Gasteiger partial charge in [0.1, 0.15) is 31.7 Å². The summed E-state index contributed by atoms with van der Waals surface area (Å²) in [6.45, 7) is 4.43. The first-order chi connectivity index (χ1) is 21.6. The number of aryl methyl sites for hydroxylation is 2. The molecule has 11 heteroatoms. The number of ether oxygens (including phenoxy) is 1. The van der Waals surface area contributed by atoms with Gasteiger partial charge in [-0.25, -0.2) is 16.8 Å². The third-order valence-electron chi connectivity index (χ3n) is 8.41. The number of rotatable bonds is 26. The molecule has 0 saturated heterocycles. The zero-order valence-corrected chi connectivity index (χ0v) is 35.3. The summed E-state index contributed by atoms with van der Waals surface area (Å²) in [6, 6.07) is 8.71. The Morgan fingerprint density at radius 2 is 0.745 bits per heavy atom. The van der Waals surface area contributed by atoms with Gasteiger partial charge in [-0.15, -0.1) is 0 Å². The van der Waals surface area contributed by atoms with E-state index in [1.54, 1.807) is 12.1 Å². The van der Waals surface area contributed by atoms with Crippen LogP contribution < -0.4 is 63.9 Å². The SMILES string of the molecule is CCCCCCCCCCCCc1ccc(Oc2ccc(CCCCCCCCCCCC)cc2S(=O)(=O)[O-])c(S(=O)(=O)[O-])c1.[Na+].[Na+]. The van der Waals surface area contributed by atoms with Gasteiger partial charge in [-0.1, -0.05) is 142 Å². The van der Waals surface area contributed by atoms with Crippen LogP contribution in [0.3, 0.4) is 0 Å². The van der Waals surface area contributed by atoms with Crippen molar-refractivity contribution in [2.24, 2.45) is 0 Å². The molecule has 2 aromatic carbocycles. The Morgan fingerprint density at radius 3 is 1.02 bits per heavy atom. The van der Waals surface area contributed by atoms with Gasteiger partial charge < -0.3 is 13.8 Å². The van der Waals surface area contributed by atoms with Crippen molar-refractivity contribution in [3.8, 4) is 11.5 Å². The third-order valence-corrected chi connectivity index (χ3v) is 10.1. The Kier molecular flexibility index (Phi) is 26.8. The largest absolute Gasteiger partial charge is 1.00 e. The van der Waals surface area contributed by atoms with Gasteiger partial charge >= 0.3 is 59.1 Å². The van der Waals surface area contributed by atoms with E-state index in [0.717, 1.165) is 38.5 Å². The van der Waals surface area contributed by atoms with Crippen LogP contribution >= 0.6 is 0 Å². The Balaban J connectivity index is 0.0000106. The molecule has 0 N–H and O–H groups in total. The van der Waals surface area contributed by atoms with Gasteiger partial charge in [0.05, 0.1) is 9.79 Å². The van der Waals surface area contributed by atoms with Crippen LogP contribution in [0.2, 0.25) is 0 Å². The summed E-state index contributed by atoms with van der Waals surface area (Å²) in [5.41, 5.74) is 1.39. The molecule has 0 amide bonds. The van der Waals surface area contributed by atoms with E-state index in [-0.39, 0.29) is 70.6 Å². The average Bonchev–Trinajstić information content (AvgIpc) is 2.99. The fraction of sp³-hybridized carbons (Fsp3) is 0.667. The maximum Gasteiger partial charge on any atom is 1.00 e. The summed E-state index contributed by atoms with van der Waals surface area (Å²) < 4.78 is 78.4. The van der Waals surface area contributed by atoms with E-state index in [9.17, 15) is 25.9 Å². The molecule has 0 heterocycles. The van der Waals surface area contributed by atoms with Crippen LogP contribution in [-0.2, 0) is 33.1 Å². The molecule has 0 spiro atoms. The Morgan fingerprint density at radius 1 is 0.468 bits per heavy atom. The van der Waals surface area contributed by atoms with Crippen LogP contribution in [0.25, 0.3) is 0 Å². The van der Waals surface area contributed by atoms with Gasteiger partial charge in [0.15, 0.2) is 0 Å². The van der Waals surface area contributed by atoms with Crippen molar-refractivity contribution < 1.29 is 89.8 Å². The first-order valence-electron chi connectivity index (χ1n) is 17.4. The van der Waals surface area contributed by atoms with E-state index in [1.165, 1.54) is 114 Å². The zero-order valence-electron chi connectivity index (χ0n) is 29.7. The van der Waals surface area contributed by atoms with Crippen molar-refractivity contribution in [2.45, 2.75) is 165 Å². The third kappa shape index (κ3) is 20.5. The molecule has 0 aliphatic heterocycles. The van der Waals surface area contributed by atoms with Crippen LogP contribution in [0.1, 0.15) is 153 Å². The second-order valence-electron chi connectivity index (χ2n) is 12.4. The van der Waals surface area contributed by atoms with Crippen molar-refractivity contribution in [2.75, 3.05) is 0 Å². The normalized spacial score (nSPS) is 11.6. The molecular weight excluding hydrogens is 655 g/mol. The minimum absolute atomic E-state index is 0. The van der Waals surface area contributed by atoms with Gasteiger partial charge in [0.2, 0.25) is 0 Å². The first kappa shape index (κ1) is 47.1. The Hall–Kier alpha value is 0.0600. The molecule has 0 unspecified atom stereocenters. The molecular formula is C36H56Na2O7S2. The van der Waals surface area contributed by atoms with Crippen molar-refractivity contribution in [3.05, 3.63) is 47.5 Å². The van der Waals surface area contributed by atoms with E-state index in [0.29, 0.717) is 24.0 Å². The topological polar surface area (TPSA) is 124 Å². The fourth-order valence-corrected chi connectivity index (χ4v) is 7.03. The number of unbranched alkanes of at least 4 members (excludes halogenated alkanes) is 18.